The molecular weight excluding hydrogens is 348 g/mol. The summed E-state index contributed by atoms with van der Waals surface area (Å²) < 4.78 is 0. The van der Waals surface area contributed by atoms with Gasteiger partial charge in [0.05, 0.1) is 16.8 Å². The zero-order valence-electron chi connectivity index (χ0n) is 14.2. The molecule has 4 rings (SSSR count). The molecule has 0 spiro atoms. The Morgan fingerprint density at radius 2 is 2.19 bits per heavy atom. The molecule has 2 heterocycles. The van der Waals surface area contributed by atoms with E-state index in [1.165, 1.54) is 0 Å². The molecule has 1 fully saturated rings. The van der Waals surface area contributed by atoms with Crippen molar-refractivity contribution in [3.8, 4) is 0 Å². The van der Waals surface area contributed by atoms with Crippen LogP contribution in [0.15, 0.2) is 53.9 Å². The molecule has 130 valence electrons. The Balaban J connectivity index is 1.40. The number of hydrazone groups is 1. The smallest absolute Gasteiger partial charge is 0.243 e. The maximum absolute atomic E-state index is 12.2. The molecule has 1 saturated carbocycles. The molecule has 3 aromatic rings. The molecule has 1 aromatic carbocycles. The Bertz CT molecular complexity index is 1000. The number of amides is 1. The number of carbonyl (C=O) groups is 1. The van der Waals surface area contributed by atoms with E-state index in [1.807, 2.05) is 37.3 Å². The van der Waals surface area contributed by atoms with Crippen LogP contribution in [0.3, 0.4) is 0 Å². The SMILES string of the molecule is Cc1cc(C=NNC(=O)[C@H]2CC2c2ccc(Cl)cn2)cc2cccnc12. The standard InChI is InChI=1S/C20H17ClN4O/c1-12-7-13(8-14-3-2-6-22-19(12)14)10-24-25-20(26)17-9-16(17)18-5-4-15(21)11-23-18/h2-8,10-11,16-17H,9H2,1H3,(H,25,26)/t16?,17-/m0/s1. The lowest BCUT2D eigenvalue weighted by Gasteiger charge is -2.03. The highest BCUT2D eigenvalue weighted by molar-refractivity contribution is 6.30. The predicted octanol–water partition coefficient (Wildman–Crippen LogP) is 3.85. The molecule has 2 atom stereocenters. The number of benzene rings is 1. The van der Waals surface area contributed by atoms with Crippen LogP contribution in [0.25, 0.3) is 10.9 Å². The number of halogens is 1. The Labute approximate surface area is 156 Å². The molecule has 1 N–H and O–H groups in total. The molecule has 6 heteroatoms. The Hall–Kier alpha value is -2.79. The first kappa shape index (κ1) is 16.7. The number of nitrogens with one attached hydrogen (secondary N) is 1. The zero-order chi connectivity index (χ0) is 18.1. The van der Waals surface area contributed by atoms with Gasteiger partial charge in [0.15, 0.2) is 0 Å². The van der Waals surface area contributed by atoms with Crippen LogP contribution in [0.1, 0.15) is 29.2 Å². The van der Waals surface area contributed by atoms with Gasteiger partial charge in [0.1, 0.15) is 0 Å². The van der Waals surface area contributed by atoms with Crippen molar-refractivity contribution in [3.63, 3.8) is 0 Å². The molecule has 1 unspecified atom stereocenters. The molecule has 1 aliphatic carbocycles. The zero-order valence-corrected chi connectivity index (χ0v) is 14.9. The highest BCUT2D eigenvalue weighted by Gasteiger charge is 2.44. The maximum Gasteiger partial charge on any atom is 0.243 e. The lowest BCUT2D eigenvalue weighted by molar-refractivity contribution is -0.122. The van der Waals surface area contributed by atoms with E-state index in [0.29, 0.717) is 5.02 Å². The van der Waals surface area contributed by atoms with E-state index in [0.717, 1.165) is 34.1 Å². The number of hydrogen-bond donors (Lipinski definition) is 1. The quantitative estimate of drug-likeness (QED) is 0.565. The molecule has 0 aliphatic heterocycles. The number of nitrogens with zero attached hydrogens (tertiary/aromatic N) is 3. The molecule has 5 nitrogen and oxygen atoms in total. The minimum atomic E-state index is -0.0813. The van der Waals surface area contributed by atoms with Crippen molar-refractivity contribution >= 4 is 34.6 Å². The fraction of sp³-hybridized carbons (Fsp3) is 0.200. The Morgan fingerprint density at radius 3 is 3.00 bits per heavy atom. The third-order valence-corrected chi connectivity index (χ3v) is 4.79. The number of carbonyl (C=O) groups excluding carboxylic acids is 1. The minimum absolute atomic E-state index is 0.0802. The van der Waals surface area contributed by atoms with Crippen LogP contribution in [0.5, 0.6) is 0 Å². The molecule has 0 bridgehead atoms. The van der Waals surface area contributed by atoms with Crippen LogP contribution < -0.4 is 5.43 Å². The fourth-order valence-corrected chi connectivity index (χ4v) is 3.26. The highest BCUT2D eigenvalue weighted by Crippen LogP contribution is 2.46. The average Bonchev–Trinajstić information content (AvgIpc) is 3.43. The summed E-state index contributed by atoms with van der Waals surface area (Å²) >= 11 is 5.85. The largest absolute Gasteiger partial charge is 0.273 e. The first-order valence-electron chi connectivity index (χ1n) is 8.41. The highest BCUT2D eigenvalue weighted by atomic mass is 35.5. The Morgan fingerprint density at radius 1 is 1.31 bits per heavy atom. The van der Waals surface area contributed by atoms with Crippen molar-refractivity contribution in [1.29, 1.82) is 0 Å². The monoisotopic (exact) mass is 364 g/mol. The first-order chi connectivity index (χ1) is 12.6. The van der Waals surface area contributed by atoms with Gasteiger partial charge in [-0.3, -0.25) is 14.8 Å². The van der Waals surface area contributed by atoms with E-state index in [9.17, 15) is 4.79 Å². The topological polar surface area (TPSA) is 67.2 Å². The van der Waals surface area contributed by atoms with Gasteiger partial charge in [-0.25, -0.2) is 5.43 Å². The normalized spacial score (nSPS) is 19.0. The fourth-order valence-electron chi connectivity index (χ4n) is 3.15. The number of hydrogen-bond acceptors (Lipinski definition) is 4. The van der Waals surface area contributed by atoms with Gasteiger partial charge in [-0.2, -0.15) is 5.10 Å². The summed E-state index contributed by atoms with van der Waals surface area (Å²) in [5, 5.41) is 5.76. The van der Waals surface area contributed by atoms with Crippen LogP contribution in [0, 0.1) is 12.8 Å². The summed E-state index contributed by atoms with van der Waals surface area (Å²) in [5.41, 5.74) is 6.51. The van der Waals surface area contributed by atoms with Gasteiger partial charge in [-0.05, 0) is 54.8 Å². The van der Waals surface area contributed by atoms with Crippen LogP contribution in [0.2, 0.25) is 5.02 Å². The summed E-state index contributed by atoms with van der Waals surface area (Å²) in [6.07, 6.45) is 5.84. The molecule has 2 aromatic heterocycles. The van der Waals surface area contributed by atoms with Gasteiger partial charge in [-0.1, -0.05) is 17.7 Å². The van der Waals surface area contributed by atoms with Crippen LogP contribution in [0.4, 0.5) is 0 Å². The van der Waals surface area contributed by atoms with Crippen LogP contribution in [-0.2, 0) is 4.79 Å². The average molecular weight is 365 g/mol. The number of aromatic nitrogens is 2. The molecule has 1 amide bonds. The predicted molar refractivity (Wildman–Crippen MR) is 102 cm³/mol. The van der Waals surface area contributed by atoms with E-state index in [4.69, 9.17) is 11.6 Å². The van der Waals surface area contributed by atoms with E-state index < -0.39 is 0 Å². The van der Waals surface area contributed by atoms with E-state index >= 15 is 0 Å². The third-order valence-electron chi connectivity index (χ3n) is 4.56. The molecule has 0 radical (unpaired) electrons. The van der Waals surface area contributed by atoms with Gasteiger partial charge in [0, 0.05) is 35.3 Å². The van der Waals surface area contributed by atoms with E-state index in [2.05, 4.69) is 20.5 Å². The summed E-state index contributed by atoms with van der Waals surface area (Å²) in [6.45, 7) is 2.01. The van der Waals surface area contributed by atoms with Gasteiger partial charge < -0.3 is 0 Å². The summed E-state index contributed by atoms with van der Waals surface area (Å²) in [5.74, 6) is -0.0120. The molecular formula is C20H17ClN4O. The van der Waals surface area contributed by atoms with Gasteiger partial charge in [-0.15, -0.1) is 0 Å². The van der Waals surface area contributed by atoms with Crippen molar-refractivity contribution in [2.45, 2.75) is 19.3 Å². The summed E-state index contributed by atoms with van der Waals surface area (Å²) in [7, 11) is 0. The minimum Gasteiger partial charge on any atom is -0.273 e. The van der Waals surface area contributed by atoms with Crippen molar-refractivity contribution in [2.75, 3.05) is 0 Å². The van der Waals surface area contributed by atoms with Crippen molar-refractivity contribution in [3.05, 3.63) is 70.6 Å². The van der Waals surface area contributed by atoms with Crippen molar-refractivity contribution in [2.24, 2.45) is 11.0 Å². The van der Waals surface area contributed by atoms with Crippen LogP contribution in [-0.4, -0.2) is 22.1 Å². The maximum atomic E-state index is 12.2. The number of aryl methyl sites for hydroxylation is 1. The number of pyridine rings is 2. The summed E-state index contributed by atoms with van der Waals surface area (Å²) in [6, 6.07) is 11.6. The van der Waals surface area contributed by atoms with E-state index in [1.54, 1.807) is 24.7 Å². The van der Waals surface area contributed by atoms with Crippen LogP contribution >= 0.6 is 11.6 Å². The van der Waals surface area contributed by atoms with Gasteiger partial charge in [0.25, 0.3) is 0 Å². The number of fused-ring (bicyclic) bond motifs is 1. The molecule has 1 aliphatic rings. The van der Waals surface area contributed by atoms with E-state index in [-0.39, 0.29) is 17.7 Å². The van der Waals surface area contributed by atoms with Gasteiger partial charge in [0.2, 0.25) is 5.91 Å². The van der Waals surface area contributed by atoms with Crippen molar-refractivity contribution in [1.82, 2.24) is 15.4 Å². The molecule has 0 saturated heterocycles. The number of rotatable bonds is 4. The summed E-state index contributed by atoms with van der Waals surface area (Å²) in [4.78, 5) is 20.9. The van der Waals surface area contributed by atoms with Crippen molar-refractivity contribution < 1.29 is 4.79 Å². The second-order valence-electron chi connectivity index (χ2n) is 6.50. The third kappa shape index (κ3) is 3.44. The second-order valence-corrected chi connectivity index (χ2v) is 6.93. The lowest BCUT2D eigenvalue weighted by Crippen LogP contribution is -2.20. The first-order valence-corrected chi connectivity index (χ1v) is 8.79. The lowest BCUT2D eigenvalue weighted by atomic mass is 10.1. The Kier molecular flexibility index (Phi) is 4.39. The second kappa shape index (κ2) is 6.84. The van der Waals surface area contributed by atoms with Gasteiger partial charge >= 0.3 is 0 Å². The molecule has 26 heavy (non-hydrogen) atoms.